The Balaban J connectivity index is 1.58. The second kappa shape index (κ2) is 7.99. The van der Waals surface area contributed by atoms with Crippen molar-refractivity contribution in [2.75, 3.05) is 32.7 Å². The maximum Gasteiger partial charge on any atom is 0.223 e. The Morgan fingerprint density at radius 1 is 1.10 bits per heavy atom. The summed E-state index contributed by atoms with van der Waals surface area (Å²) in [4.78, 5) is 16.6. The van der Waals surface area contributed by atoms with Crippen LogP contribution in [-0.2, 0) is 4.79 Å². The molecule has 0 aromatic rings. The van der Waals surface area contributed by atoms with Gasteiger partial charge in [0.1, 0.15) is 0 Å². The summed E-state index contributed by atoms with van der Waals surface area (Å²) in [5.74, 6) is 0.344. The van der Waals surface area contributed by atoms with Crippen molar-refractivity contribution in [1.82, 2.24) is 15.1 Å². The molecular formula is C16H31N3O. The molecule has 20 heavy (non-hydrogen) atoms. The van der Waals surface area contributed by atoms with Crippen LogP contribution in [0.25, 0.3) is 0 Å². The predicted molar refractivity (Wildman–Crippen MR) is 82.8 cm³/mol. The third-order valence-corrected chi connectivity index (χ3v) is 4.74. The van der Waals surface area contributed by atoms with Crippen molar-refractivity contribution in [1.29, 1.82) is 0 Å². The molecule has 2 heterocycles. The fraction of sp³-hybridized carbons (Fsp3) is 0.938. The lowest BCUT2D eigenvalue weighted by Gasteiger charge is -2.35. The molecule has 0 bridgehead atoms. The van der Waals surface area contributed by atoms with Gasteiger partial charge in [-0.3, -0.25) is 4.79 Å². The SMILES string of the molecule is CC(C)N1CCC(NCCC(=O)N2CCCCC2)CC1. The third-order valence-electron chi connectivity index (χ3n) is 4.74. The Labute approximate surface area is 123 Å². The van der Waals surface area contributed by atoms with Crippen LogP contribution in [-0.4, -0.2) is 60.5 Å². The fourth-order valence-corrected chi connectivity index (χ4v) is 3.30. The van der Waals surface area contributed by atoms with Crippen LogP contribution in [0.1, 0.15) is 52.4 Å². The molecule has 0 aromatic carbocycles. The molecule has 1 amide bonds. The zero-order valence-electron chi connectivity index (χ0n) is 13.2. The molecule has 0 aliphatic carbocycles. The molecule has 0 unspecified atom stereocenters. The standard InChI is InChI=1S/C16H31N3O/c1-14(2)18-12-7-15(8-13-18)17-9-6-16(20)19-10-4-3-5-11-19/h14-15,17H,3-13H2,1-2H3. The maximum atomic E-state index is 12.1. The molecule has 2 aliphatic heterocycles. The Hall–Kier alpha value is -0.610. The van der Waals surface area contributed by atoms with E-state index in [1.54, 1.807) is 0 Å². The van der Waals surface area contributed by atoms with Gasteiger partial charge < -0.3 is 15.1 Å². The van der Waals surface area contributed by atoms with Crippen molar-refractivity contribution >= 4 is 5.91 Å². The fourth-order valence-electron chi connectivity index (χ4n) is 3.30. The van der Waals surface area contributed by atoms with Gasteiger partial charge in [0.2, 0.25) is 5.91 Å². The first kappa shape index (κ1) is 15.8. The summed E-state index contributed by atoms with van der Waals surface area (Å²) in [5.41, 5.74) is 0. The molecule has 2 fully saturated rings. The van der Waals surface area contributed by atoms with Gasteiger partial charge in [0.25, 0.3) is 0 Å². The van der Waals surface area contributed by atoms with Crippen molar-refractivity contribution in [2.24, 2.45) is 0 Å². The molecule has 2 saturated heterocycles. The first-order valence-electron chi connectivity index (χ1n) is 8.42. The van der Waals surface area contributed by atoms with Gasteiger partial charge in [-0.2, -0.15) is 0 Å². The highest BCUT2D eigenvalue weighted by atomic mass is 16.2. The van der Waals surface area contributed by atoms with E-state index < -0.39 is 0 Å². The molecule has 116 valence electrons. The summed E-state index contributed by atoms with van der Waals surface area (Å²) >= 11 is 0. The van der Waals surface area contributed by atoms with Crippen molar-refractivity contribution < 1.29 is 4.79 Å². The van der Waals surface area contributed by atoms with E-state index >= 15 is 0 Å². The second-order valence-electron chi connectivity index (χ2n) is 6.55. The molecule has 2 aliphatic rings. The number of piperidine rings is 2. The molecule has 0 atom stereocenters. The number of nitrogens with one attached hydrogen (secondary N) is 1. The second-order valence-corrected chi connectivity index (χ2v) is 6.55. The number of rotatable bonds is 5. The van der Waals surface area contributed by atoms with Crippen LogP contribution < -0.4 is 5.32 Å². The minimum Gasteiger partial charge on any atom is -0.343 e. The van der Waals surface area contributed by atoms with E-state index in [-0.39, 0.29) is 0 Å². The Kier molecular flexibility index (Phi) is 6.30. The summed E-state index contributed by atoms with van der Waals surface area (Å²) in [6.45, 7) is 9.72. The van der Waals surface area contributed by atoms with E-state index in [9.17, 15) is 4.79 Å². The van der Waals surface area contributed by atoms with Crippen molar-refractivity contribution in [2.45, 2.75) is 64.5 Å². The molecule has 1 N–H and O–H groups in total. The van der Waals surface area contributed by atoms with E-state index in [0.29, 0.717) is 24.4 Å². The number of amides is 1. The van der Waals surface area contributed by atoms with Gasteiger partial charge in [-0.1, -0.05) is 0 Å². The van der Waals surface area contributed by atoms with Crippen molar-refractivity contribution in [3.05, 3.63) is 0 Å². The Bertz CT molecular complexity index is 292. The number of nitrogens with zero attached hydrogens (tertiary/aromatic N) is 2. The van der Waals surface area contributed by atoms with Crippen molar-refractivity contribution in [3.8, 4) is 0 Å². The van der Waals surface area contributed by atoms with Gasteiger partial charge in [-0.25, -0.2) is 0 Å². The Morgan fingerprint density at radius 3 is 2.35 bits per heavy atom. The monoisotopic (exact) mass is 281 g/mol. The van der Waals surface area contributed by atoms with Crippen LogP contribution in [0, 0.1) is 0 Å². The number of hydrogen-bond acceptors (Lipinski definition) is 3. The van der Waals surface area contributed by atoms with Crippen LogP contribution in [0.2, 0.25) is 0 Å². The smallest absolute Gasteiger partial charge is 0.223 e. The van der Waals surface area contributed by atoms with E-state index in [1.807, 2.05) is 4.90 Å². The van der Waals surface area contributed by atoms with E-state index in [4.69, 9.17) is 0 Å². The van der Waals surface area contributed by atoms with Crippen LogP contribution in [0.5, 0.6) is 0 Å². The number of carbonyl (C=O) groups excluding carboxylic acids is 1. The van der Waals surface area contributed by atoms with Crippen LogP contribution >= 0.6 is 0 Å². The first-order chi connectivity index (χ1) is 9.66. The largest absolute Gasteiger partial charge is 0.343 e. The van der Waals surface area contributed by atoms with Crippen LogP contribution in [0.15, 0.2) is 0 Å². The lowest BCUT2D eigenvalue weighted by atomic mass is 10.0. The average molecular weight is 281 g/mol. The molecule has 0 spiro atoms. The van der Waals surface area contributed by atoms with Gasteiger partial charge >= 0.3 is 0 Å². The summed E-state index contributed by atoms with van der Waals surface area (Å²) in [6, 6.07) is 1.27. The molecule has 0 aromatic heterocycles. The topological polar surface area (TPSA) is 35.6 Å². The summed E-state index contributed by atoms with van der Waals surface area (Å²) in [6.07, 6.45) is 6.77. The first-order valence-corrected chi connectivity index (χ1v) is 8.42. The van der Waals surface area contributed by atoms with Crippen molar-refractivity contribution in [3.63, 3.8) is 0 Å². The summed E-state index contributed by atoms with van der Waals surface area (Å²) < 4.78 is 0. The lowest BCUT2D eigenvalue weighted by Crippen LogP contribution is -2.46. The lowest BCUT2D eigenvalue weighted by molar-refractivity contribution is -0.132. The number of carbonyl (C=O) groups is 1. The summed E-state index contributed by atoms with van der Waals surface area (Å²) in [5, 5.41) is 3.58. The normalized spacial score (nSPS) is 22.4. The Morgan fingerprint density at radius 2 is 1.75 bits per heavy atom. The highest BCUT2D eigenvalue weighted by molar-refractivity contribution is 5.76. The zero-order valence-corrected chi connectivity index (χ0v) is 13.2. The molecule has 4 heteroatoms. The van der Waals surface area contributed by atoms with Gasteiger partial charge in [0, 0.05) is 38.1 Å². The molecule has 0 saturated carbocycles. The highest BCUT2D eigenvalue weighted by Gasteiger charge is 2.21. The average Bonchev–Trinajstić information content (AvgIpc) is 2.48. The van der Waals surface area contributed by atoms with E-state index in [0.717, 1.165) is 19.6 Å². The van der Waals surface area contributed by atoms with E-state index in [2.05, 4.69) is 24.1 Å². The van der Waals surface area contributed by atoms with Gasteiger partial charge in [0.05, 0.1) is 0 Å². The van der Waals surface area contributed by atoms with Gasteiger partial charge in [-0.15, -0.1) is 0 Å². The number of hydrogen-bond donors (Lipinski definition) is 1. The third kappa shape index (κ3) is 4.74. The number of likely N-dealkylation sites (tertiary alicyclic amines) is 2. The minimum absolute atomic E-state index is 0.344. The van der Waals surface area contributed by atoms with Crippen LogP contribution in [0.3, 0.4) is 0 Å². The zero-order chi connectivity index (χ0) is 14.4. The quantitative estimate of drug-likeness (QED) is 0.835. The molecule has 4 nitrogen and oxygen atoms in total. The van der Waals surface area contributed by atoms with E-state index in [1.165, 1.54) is 45.2 Å². The van der Waals surface area contributed by atoms with Crippen LogP contribution in [0.4, 0.5) is 0 Å². The maximum absolute atomic E-state index is 12.1. The van der Waals surface area contributed by atoms with Gasteiger partial charge in [0.15, 0.2) is 0 Å². The minimum atomic E-state index is 0.344. The molecule has 2 rings (SSSR count). The molecular weight excluding hydrogens is 250 g/mol. The predicted octanol–water partition coefficient (Wildman–Crippen LogP) is 1.85. The summed E-state index contributed by atoms with van der Waals surface area (Å²) in [7, 11) is 0. The highest BCUT2D eigenvalue weighted by Crippen LogP contribution is 2.13. The molecule has 0 radical (unpaired) electrons. The van der Waals surface area contributed by atoms with Gasteiger partial charge in [-0.05, 0) is 59.0 Å².